The van der Waals surface area contributed by atoms with Crippen molar-refractivity contribution in [1.82, 2.24) is 19.9 Å². The summed E-state index contributed by atoms with van der Waals surface area (Å²) in [5.74, 6) is 7.60. The second-order valence-corrected chi connectivity index (χ2v) is 6.66. The molecule has 0 aliphatic rings. The van der Waals surface area contributed by atoms with Crippen LogP contribution in [0.25, 0.3) is 21.8 Å². The van der Waals surface area contributed by atoms with E-state index in [2.05, 4.69) is 43.2 Å². The number of ether oxygens (including phenoxy) is 1. The Hall–Kier alpha value is -4.37. The van der Waals surface area contributed by atoms with E-state index in [0.717, 1.165) is 33.1 Å². The molecule has 0 saturated heterocycles. The Morgan fingerprint density at radius 3 is 2.80 bits per heavy atom. The predicted molar refractivity (Wildman–Crippen MR) is 118 cm³/mol. The minimum atomic E-state index is 0.657. The number of H-pyrrole nitrogens is 1. The van der Waals surface area contributed by atoms with Gasteiger partial charge in [0.1, 0.15) is 23.6 Å². The zero-order valence-corrected chi connectivity index (χ0v) is 16.2. The molecule has 0 saturated carbocycles. The van der Waals surface area contributed by atoms with E-state index < -0.39 is 0 Å². The lowest BCUT2D eigenvalue weighted by Crippen LogP contribution is -1.97. The van der Waals surface area contributed by atoms with Crippen molar-refractivity contribution in [2.75, 3.05) is 12.4 Å². The maximum atomic E-state index is 5.53. The molecule has 0 atom stereocenters. The standard InChI is InChI=1S/C24H17N5O/c1-30-23-14-22-20(13-17(23)5-6-18-4-2-3-10-25-18)24(28-15-27-22)29-19-7-8-21-16(12-19)9-11-26-21/h2-4,7-15,26H,1H3,(H,27,28,29). The quantitative estimate of drug-likeness (QED) is 0.438. The number of methoxy groups -OCH3 is 1. The molecule has 0 radical (unpaired) electrons. The Morgan fingerprint density at radius 1 is 0.967 bits per heavy atom. The summed E-state index contributed by atoms with van der Waals surface area (Å²) in [4.78, 5) is 16.3. The Kier molecular flexibility index (Phi) is 4.47. The summed E-state index contributed by atoms with van der Waals surface area (Å²) < 4.78 is 5.53. The minimum Gasteiger partial charge on any atom is -0.495 e. The molecule has 0 fully saturated rings. The van der Waals surface area contributed by atoms with E-state index in [-0.39, 0.29) is 0 Å². The van der Waals surface area contributed by atoms with Crippen molar-refractivity contribution in [3.05, 3.63) is 84.6 Å². The van der Waals surface area contributed by atoms with E-state index in [4.69, 9.17) is 4.74 Å². The summed E-state index contributed by atoms with van der Waals surface area (Å²) in [5.41, 5.74) is 4.25. The summed E-state index contributed by atoms with van der Waals surface area (Å²) in [6.45, 7) is 0. The predicted octanol–water partition coefficient (Wildman–Crippen LogP) is 4.66. The number of fused-ring (bicyclic) bond motifs is 2. The Balaban J connectivity index is 1.58. The third-order valence-electron chi connectivity index (χ3n) is 4.76. The average molecular weight is 391 g/mol. The fourth-order valence-corrected chi connectivity index (χ4v) is 3.29. The summed E-state index contributed by atoms with van der Waals surface area (Å²) in [7, 11) is 1.62. The molecule has 30 heavy (non-hydrogen) atoms. The van der Waals surface area contributed by atoms with Crippen LogP contribution in [0.2, 0.25) is 0 Å². The van der Waals surface area contributed by atoms with Crippen molar-refractivity contribution in [2.24, 2.45) is 0 Å². The molecule has 5 rings (SSSR count). The number of anilines is 2. The molecule has 144 valence electrons. The zero-order valence-electron chi connectivity index (χ0n) is 16.2. The van der Waals surface area contributed by atoms with E-state index in [1.807, 2.05) is 54.7 Å². The van der Waals surface area contributed by atoms with Crippen LogP contribution in [0.1, 0.15) is 11.3 Å². The lowest BCUT2D eigenvalue weighted by molar-refractivity contribution is 0.414. The molecular formula is C24H17N5O. The molecule has 0 aliphatic carbocycles. The number of nitrogens with one attached hydrogen (secondary N) is 2. The van der Waals surface area contributed by atoms with E-state index in [0.29, 0.717) is 17.3 Å². The Morgan fingerprint density at radius 2 is 1.93 bits per heavy atom. The molecule has 5 aromatic rings. The van der Waals surface area contributed by atoms with Crippen LogP contribution in [0.4, 0.5) is 11.5 Å². The van der Waals surface area contributed by atoms with E-state index in [1.54, 1.807) is 13.3 Å². The van der Waals surface area contributed by atoms with Crippen molar-refractivity contribution in [3.8, 4) is 17.6 Å². The van der Waals surface area contributed by atoms with Gasteiger partial charge in [-0.25, -0.2) is 15.0 Å². The number of aromatic amines is 1. The largest absolute Gasteiger partial charge is 0.495 e. The zero-order chi connectivity index (χ0) is 20.3. The van der Waals surface area contributed by atoms with Crippen LogP contribution >= 0.6 is 0 Å². The maximum Gasteiger partial charge on any atom is 0.141 e. The number of hydrogen-bond donors (Lipinski definition) is 2. The van der Waals surface area contributed by atoms with Gasteiger partial charge in [-0.1, -0.05) is 12.0 Å². The number of pyridine rings is 1. The molecule has 6 nitrogen and oxygen atoms in total. The van der Waals surface area contributed by atoms with Gasteiger partial charge in [0.25, 0.3) is 0 Å². The number of rotatable bonds is 3. The molecule has 0 spiro atoms. The van der Waals surface area contributed by atoms with Crippen molar-refractivity contribution < 1.29 is 4.74 Å². The van der Waals surface area contributed by atoms with Gasteiger partial charge in [0, 0.05) is 40.4 Å². The molecule has 3 heterocycles. The summed E-state index contributed by atoms with van der Waals surface area (Å²) in [6.07, 6.45) is 5.18. The molecule has 0 unspecified atom stereocenters. The number of aromatic nitrogens is 4. The van der Waals surface area contributed by atoms with Gasteiger partial charge in [-0.05, 0) is 48.4 Å². The van der Waals surface area contributed by atoms with Crippen LogP contribution in [0, 0.1) is 11.8 Å². The number of benzene rings is 2. The van der Waals surface area contributed by atoms with Crippen LogP contribution < -0.4 is 10.1 Å². The molecule has 6 heteroatoms. The van der Waals surface area contributed by atoms with E-state index in [1.165, 1.54) is 6.33 Å². The summed E-state index contributed by atoms with van der Waals surface area (Å²) >= 11 is 0. The lowest BCUT2D eigenvalue weighted by atomic mass is 10.1. The third-order valence-corrected chi connectivity index (χ3v) is 4.76. The van der Waals surface area contributed by atoms with Gasteiger partial charge in [-0.15, -0.1) is 0 Å². The highest BCUT2D eigenvalue weighted by molar-refractivity contribution is 5.94. The second-order valence-electron chi connectivity index (χ2n) is 6.66. The Labute approximate surface area is 173 Å². The van der Waals surface area contributed by atoms with Crippen LogP contribution in [0.15, 0.2) is 73.3 Å². The highest BCUT2D eigenvalue weighted by atomic mass is 16.5. The molecular weight excluding hydrogens is 374 g/mol. The van der Waals surface area contributed by atoms with Gasteiger partial charge in [-0.3, -0.25) is 0 Å². The third kappa shape index (κ3) is 3.40. The average Bonchev–Trinajstić information content (AvgIpc) is 3.26. The van der Waals surface area contributed by atoms with Crippen molar-refractivity contribution in [1.29, 1.82) is 0 Å². The van der Waals surface area contributed by atoms with Crippen LogP contribution in [-0.4, -0.2) is 27.0 Å². The first-order valence-electron chi connectivity index (χ1n) is 9.40. The first-order chi connectivity index (χ1) is 14.8. The van der Waals surface area contributed by atoms with Gasteiger partial charge in [-0.2, -0.15) is 0 Å². The summed E-state index contributed by atoms with van der Waals surface area (Å²) in [6, 6.07) is 17.6. The minimum absolute atomic E-state index is 0.657. The normalized spacial score (nSPS) is 10.6. The van der Waals surface area contributed by atoms with Gasteiger partial charge < -0.3 is 15.0 Å². The fraction of sp³-hybridized carbons (Fsp3) is 0.0417. The highest BCUT2D eigenvalue weighted by Gasteiger charge is 2.10. The topological polar surface area (TPSA) is 75.7 Å². The monoisotopic (exact) mass is 391 g/mol. The lowest BCUT2D eigenvalue weighted by Gasteiger charge is -2.11. The van der Waals surface area contributed by atoms with Gasteiger partial charge in [0.2, 0.25) is 0 Å². The van der Waals surface area contributed by atoms with E-state index >= 15 is 0 Å². The molecule has 2 aromatic carbocycles. The smallest absolute Gasteiger partial charge is 0.141 e. The van der Waals surface area contributed by atoms with Crippen molar-refractivity contribution >= 4 is 33.3 Å². The van der Waals surface area contributed by atoms with Gasteiger partial charge in [0.15, 0.2) is 0 Å². The van der Waals surface area contributed by atoms with Crippen LogP contribution in [0.5, 0.6) is 5.75 Å². The summed E-state index contributed by atoms with van der Waals surface area (Å²) in [5, 5.41) is 5.39. The molecule has 0 aliphatic heterocycles. The van der Waals surface area contributed by atoms with Crippen LogP contribution in [0.3, 0.4) is 0 Å². The van der Waals surface area contributed by atoms with Crippen molar-refractivity contribution in [2.45, 2.75) is 0 Å². The Bertz CT molecular complexity index is 1410. The SMILES string of the molecule is COc1cc2ncnc(Nc3ccc4[nH]ccc4c3)c2cc1C#Cc1ccccn1. The molecule has 0 amide bonds. The van der Waals surface area contributed by atoms with Gasteiger partial charge in [0.05, 0.1) is 18.2 Å². The van der Waals surface area contributed by atoms with Crippen molar-refractivity contribution in [3.63, 3.8) is 0 Å². The van der Waals surface area contributed by atoms with Crippen LogP contribution in [-0.2, 0) is 0 Å². The first-order valence-corrected chi connectivity index (χ1v) is 9.40. The number of hydrogen-bond acceptors (Lipinski definition) is 5. The molecule has 3 aromatic heterocycles. The second kappa shape index (κ2) is 7.57. The maximum absolute atomic E-state index is 5.53. The highest BCUT2D eigenvalue weighted by Crippen LogP contribution is 2.30. The fourth-order valence-electron chi connectivity index (χ4n) is 3.29. The number of nitrogens with zero attached hydrogens (tertiary/aromatic N) is 3. The molecule has 2 N–H and O–H groups in total. The van der Waals surface area contributed by atoms with Gasteiger partial charge >= 0.3 is 0 Å². The first kappa shape index (κ1) is 17.7. The molecule has 0 bridgehead atoms. The van der Waals surface area contributed by atoms with E-state index in [9.17, 15) is 0 Å².